The third kappa shape index (κ3) is 5.57. The Bertz CT molecular complexity index is 982. The van der Waals surface area contributed by atoms with E-state index >= 15 is 0 Å². The molecule has 0 atom stereocenters. The number of benzene rings is 1. The van der Waals surface area contributed by atoms with Gasteiger partial charge in [0, 0.05) is 5.56 Å². The van der Waals surface area contributed by atoms with Crippen molar-refractivity contribution < 1.29 is 35.6 Å². The molecular weight excluding hydrogens is 403 g/mol. The summed E-state index contributed by atoms with van der Waals surface area (Å²) in [6.45, 7) is 1.66. The molecule has 3 N–H and O–H groups in total. The summed E-state index contributed by atoms with van der Waals surface area (Å²) < 4.78 is 65.9. The number of nitrogens with one attached hydrogen (secondary N) is 3. The lowest BCUT2D eigenvalue weighted by Gasteiger charge is -2.10. The summed E-state index contributed by atoms with van der Waals surface area (Å²) in [4.78, 5) is 25.2. The van der Waals surface area contributed by atoms with Crippen LogP contribution in [-0.4, -0.2) is 33.0 Å². The van der Waals surface area contributed by atoms with Crippen LogP contribution in [0.25, 0.3) is 0 Å². The fourth-order valence-corrected chi connectivity index (χ4v) is 3.00. The zero-order valence-corrected chi connectivity index (χ0v) is 15.5. The lowest BCUT2D eigenvalue weighted by molar-refractivity contribution is -0.123. The van der Waals surface area contributed by atoms with Gasteiger partial charge in [0.25, 0.3) is 21.8 Å². The van der Waals surface area contributed by atoms with Gasteiger partial charge in [-0.25, -0.2) is 8.42 Å². The number of carbonyl (C=O) groups is 2. The molecule has 0 aliphatic carbocycles. The van der Waals surface area contributed by atoms with E-state index < -0.39 is 34.6 Å². The van der Waals surface area contributed by atoms with Crippen LogP contribution in [0.15, 0.2) is 39.6 Å². The molecule has 1 heterocycles. The molecule has 0 aliphatic rings. The lowest BCUT2D eigenvalue weighted by atomic mass is 10.2. The van der Waals surface area contributed by atoms with E-state index in [0.717, 1.165) is 24.3 Å². The number of amides is 2. The molecule has 1 aromatic carbocycles. The molecule has 0 radical (unpaired) electrons. The number of hydrogen-bond donors (Lipinski definition) is 3. The standard InChI is InChI=1S/C16H16F3N3O5S/c1-9-7-13(10(2)27-9)15(24)21-22-28(25,26)12-5-3-11(4-6-12)14(23)20-8-16(17,18)19/h3-7,22H,8H2,1-2H3,(H,20,23)(H,21,24). The monoisotopic (exact) mass is 419 g/mol. The van der Waals surface area contributed by atoms with Crippen molar-refractivity contribution >= 4 is 21.8 Å². The van der Waals surface area contributed by atoms with Crippen molar-refractivity contribution in [3.8, 4) is 0 Å². The molecular formula is C16H16F3N3O5S. The molecule has 0 saturated carbocycles. The van der Waals surface area contributed by atoms with Gasteiger partial charge in [0.15, 0.2) is 0 Å². The summed E-state index contributed by atoms with van der Waals surface area (Å²) in [5, 5.41) is 1.67. The first kappa shape index (κ1) is 21.4. The van der Waals surface area contributed by atoms with Crippen LogP contribution in [0.4, 0.5) is 13.2 Å². The first-order valence-corrected chi connectivity index (χ1v) is 9.21. The van der Waals surface area contributed by atoms with E-state index in [1.165, 1.54) is 6.07 Å². The Kier molecular flexibility index (Phi) is 6.14. The number of alkyl halides is 3. The van der Waals surface area contributed by atoms with Crippen LogP contribution >= 0.6 is 0 Å². The molecule has 8 nitrogen and oxygen atoms in total. The highest BCUT2D eigenvalue weighted by Gasteiger charge is 2.28. The maximum Gasteiger partial charge on any atom is 0.405 e. The maximum absolute atomic E-state index is 12.2. The summed E-state index contributed by atoms with van der Waals surface area (Å²) in [6.07, 6.45) is -4.56. The molecule has 0 bridgehead atoms. The molecule has 0 spiro atoms. The van der Waals surface area contributed by atoms with E-state index in [-0.39, 0.29) is 16.0 Å². The highest BCUT2D eigenvalue weighted by atomic mass is 32.2. The smallest absolute Gasteiger partial charge is 0.405 e. The zero-order valence-electron chi connectivity index (χ0n) is 14.7. The molecule has 2 rings (SSSR count). The summed E-state index contributed by atoms with van der Waals surface area (Å²) in [5.41, 5.74) is 2.02. The fraction of sp³-hybridized carbons (Fsp3) is 0.250. The van der Waals surface area contributed by atoms with Gasteiger partial charge in [-0.3, -0.25) is 15.0 Å². The van der Waals surface area contributed by atoms with Crippen LogP contribution in [0, 0.1) is 13.8 Å². The van der Waals surface area contributed by atoms with Gasteiger partial charge in [0.05, 0.1) is 10.5 Å². The molecule has 2 amide bonds. The largest absolute Gasteiger partial charge is 0.466 e. The average molecular weight is 419 g/mol. The van der Waals surface area contributed by atoms with Gasteiger partial charge in [-0.15, -0.1) is 4.83 Å². The van der Waals surface area contributed by atoms with Crippen molar-refractivity contribution in [2.45, 2.75) is 24.9 Å². The molecule has 152 valence electrons. The van der Waals surface area contributed by atoms with Crippen molar-refractivity contribution in [2.24, 2.45) is 0 Å². The first-order valence-electron chi connectivity index (χ1n) is 7.73. The summed E-state index contributed by atoms with van der Waals surface area (Å²) >= 11 is 0. The summed E-state index contributed by atoms with van der Waals surface area (Å²) in [5.74, 6) is -0.956. The first-order chi connectivity index (χ1) is 12.9. The molecule has 2 aromatic rings. The number of carbonyl (C=O) groups excluding carboxylic acids is 2. The van der Waals surface area contributed by atoms with Crippen LogP contribution in [0.2, 0.25) is 0 Å². The van der Waals surface area contributed by atoms with E-state index in [0.29, 0.717) is 11.5 Å². The Hall–Kier alpha value is -2.86. The van der Waals surface area contributed by atoms with Gasteiger partial charge in [0.2, 0.25) is 0 Å². The van der Waals surface area contributed by atoms with Gasteiger partial charge in [0.1, 0.15) is 18.1 Å². The number of halogens is 3. The predicted molar refractivity (Wildman–Crippen MR) is 90.8 cm³/mol. The van der Waals surface area contributed by atoms with E-state index in [9.17, 15) is 31.2 Å². The van der Waals surface area contributed by atoms with Gasteiger partial charge < -0.3 is 9.73 Å². The number of hydrazine groups is 1. The van der Waals surface area contributed by atoms with E-state index in [2.05, 4.69) is 0 Å². The van der Waals surface area contributed by atoms with Crippen molar-refractivity contribution in [1.29, 1.82) is 0 Å². The molecule has 12 heteroatoms. The number of sulfonamides is 1. The number of hydrogen-bond acceptors (Lipinski definition) is 5. The van der Waals surface area contributed by atoms with Gasteiger partial charge >= 0.3 is 6.18 Å². The highest BCUT2D eigenvalue weighted by molar-refractivity contribution is 7.89. The van der Waals surface area contributed by atoms with E-state index in [1.807, 2.05) is 10.3 Å². The zero-order chi connectivity index (χ0) is 21.1. The molecule has 0 fully saturated rings. The highest BCUT2D eigenvalue weighted by Crippen LogP contribution is 2.15. The quantitative estimate of drug-likeness (QED) is 0.618. The predicted octanol–water partition coefficient (Wildman–Crippen LogP) is 1.81. The van der Waals surface area contributed by atoms with Crippen LogP contribution in [-0.2, 0) is 10.0 Å². The third-order valence-corrected chi connectivity index (χ3v) is 4.72. The Morgan fingerprint density at radius 3 is 2.18 bits per heavy atom. The van der Waals surface area contributed by atoms with Crippen molar-refractivity contribution in [1.82, 2.24) is 15.6 Å². The van der Waals surface area contributed by atoms with E-state index in [4.69, 9.17) is 4.42 Å². The Balaban J connectivity index is 2.02. The summed E-state index contributed by atoms with van der Waals surface area (Å²) in [6, 6.07) is 5.57. The SMILES string of the molecule is Cc1cc(C(=O)NNS(=O)(=O)c2ccc(C(=O)NCC(F)(F)F)cc2)c(C)o1. The van der Waals surface area contributed by atoms with Gasteiger partial charge in [-0.05, 0) is 44.2 Å². The minimum atomic E-state index is -4.56. The molecule has 28 heavy (non-hydrogen) atoms. The van der Waals surface area contributed by atoms with Crippen molar-refractivity contribution in [3.05, 3.63) is 53.0 Å². The van der Waals surface area contributed by atoms with Crippen molar-refractivity contribution in [3.63, 3.8) is 0 Å². The normalized spacial score (nSPS) is 11.9. The maximum atomic E-state index is 12.2. The second kappa shape index (κ2) is 8.02. The minimum Gasteiger partial charge on any atom is -0.466 e. The Morgan fingerprint density at radius 2 is 1.68 bits per heavy atom. The number of furan rings is 1. The molecule has 0 saturated heterocycles. The summed E-state index contributed by atoms with van der Waals surface area (Å²) in [7, 11) is -4.17. The van der Waals surface area contributed by atoms with Crippen LogP contribution in [0.3, 0.4) is 0 Å². The minimum absolute atomic E-state index is 0.150. The lowest BCUT2D eigenvalue weighted by Crippen LogP contribution is -2.41. The van der Waals surface area contributed by atoms with E-state index in [1.54, 1.807) is 19.2 Å². The molecule has 1 aromatic heterocycles. The van der Waals surface area contributed by atoms with Crippen LogP contribution in [0.5, 0.6) is 0 Å². The number of rotatable bonds is 6. The second-order valence-corrected chi connectivity index (χ2v) is 7.39. The van der Waals surface area contributed by atoms with Crippen molar-refractivity contribution in [2.75, 3.05) is 6.54 Å². The third-order valence-electron chi connectivity index (χ3n) is 3.46. The van der Waals surface area contributed by atoms with Gasteiger partial charge in [-0.2, -0.15) is 13.2 Å². The Labute approximate surface area is 158 Å². The van der Waals surface area contributed by atoms with Gasteiger partial charge in [-0.1, -0.05) is 0 Å². The van der Waals surface area contributed by atoms with Crippen LogP contribution in [0.1, 0.15) is 32.2 Å². The number of aryl methyl sites for hydroxylation is 2. The Morgan fingerprint density at radius 1 is 1.07 bits per heavy atom. The average Bonchev–Trinajstić information content (AvgIpc) is 2.95. The molecule has 0 unspecified atom stereocenters. The fourth-order valence-electron chi connectivity index (χ4n) is 2.16. The molecule has 0 aliphatic heterocycles. The topological polar surface area (TPSA) is 118 Å². The van der Waals surface area contributed by atoms with Crippen LogP contribution < -0.4 is 15.6 Å². The second-order valence-electron chi connectivity index (χ2n) is 5.71.